The Morgan fingerprint density at radius 2 is 0.0882 bits per heavy atom. The molecule has 720 valence electrons. The van der Waals surface area contributed by atoms with Crippen LogP contribution in [-0.4, -0.2) is 35.8 Å². The van der Waals surface area contributed by atoms with E-state index in [1.807, 2.05) is 0 Å². The number of benzene rings is 12. The summed E-state index contributed by atoms with van der Waals surface area (Å²) in [5, 5.41) is 0. The Labute approximate surface area is 712 Å². The number of hydrogen-bond donors (Lipinski definition) is 0. The molecule has 0 aliphatic carbocycles. The van der Waals surface area contributed by atoms with E-state index in [2.05, 4.69) is 0 Å². The SMILES string of the molecule is Fc1c(F)c(F)c([B-](c2c(F)c(F)c(F)c(F)c2F)(c2c(F)c(F)c(F)c(F)c2F)c2c(F)c(F)c(F)c(F)c2F)c(F)c1F.Fc1c(F)c(F)c([B-](c2c(F)c(F)c(F)c(F)c2F)(c2c(F)c(F)c(F)c(F)c2F)c2c(F)c(F)c(F)c(F)c2F)c(F)c1F.Fc1c(F)c(F)c([B-](c2c(F)c(F)c(F)c(F)c2F)(c2c(F)c(F)c(F)c(F)c2F)c2c(F)c(F)c(F)c(F)c2F)c(F)c1F.[Al+3]. The second-order valence-corrected chi connectivity index (χ2v) is 26.4. The summed E-state index contributed by atoms with van der Waals surface area (Å²) in [5.41, 5.74) is -43.0. The summed E-state index contributed by atoms with van der Waals surface area (Å²) in [6.07, 6.45) is -21.7. The van der Waals surface area contributed by atoms with Gasteiger partial charge in [-0.25, -0.2) is 263 Å². The van der Waals surface area contributed by atoms with E-state index >= 15 is 105 Å². The summed E-state index contributed by atoms with van der Waals surface area (Å²) in [4.78, 5) is 0. The molecule has 0 bridgehead atoms. The average molecular weight is 2060 g/mol. The predicted molar refractivity (Wildman–Crippen MR) is 333 cm³/mol. The van der Waals surface area contributed by atoms with Crippen molar-refractivity contribution < 1.29 is 263 Å². The molecule has 0 spiro atoms. The molecule has 0 nitrogen and oxygen atoms in total. The summed E-state index contributed by atoms with van der Waals surface area (Å²) in [7, 11) is 0. The number of halogens is 60. The largest absolute Gasteiger partial charge is 3.00 e. The molecule has 0 N–H and O–H groups in total. The van der Waals surface area contributed by atoms with Gasteiger partial charge in [0.25, 0.3) is 0 Å². The van der Waals surface area contributed by atoms with Gasteiger partial charge < -0.3 is 0 Å². The standard InChI is InChI=1S/3C24BF20.Al/c3*26-5-1(6(27)14(35)21(42)13(5)34)25(2-7(28)15(36)22(43)16(37)8(2)29,3-9(30)17(38)23(44)18(39)10(3)31)4-11(32)19(40)24(45)20(41)12(4)33;/q3*-1;+3. The predicted octanol–water partition coefficient (Wildman–Crippen LogP) is 17.2. The molecule has 0 atom stereocenters. The van der Waals surface area contributed by atoms with E-state index in [0.717, 1.165) is 0 Å². The fourth-order valence-electron chi connectivity index (χ4n) is 14.6. The molecule has 0 amide bonds. The van der Waals surface area contributed by atoms with Gasteiger partial charge >= 0.3 is 17.4 Å². The Bertz CT molecular complexity index is 5390. The van der Waals surface area contributed by atoms with Crippen molar-refractivity contribution in [1.29, 1.82) is 0 Å². The number of rotatable bonds is 12. The van der Waals surface area contributed by atoms with E-state index < -0.39 is 433 Å². The minimum absolute atomic E-state index is 0. The van der Waals surface area contributed by atoms with E-state index in [1.165, 1.54) is 0 Å². The van der Waals surface area contributed by atoms with Crippen molar-refractivity contribution in [2.24, 2.45) is 0 Å². The van der Waals surface area contributed by atoms with Gasteiger partial charge in [0, 0.05) is 0 Å². The average Bonchev–Trinajstić information content (AvgIpc) is 0.687. The first kappa shape index (κ1) is 107. The Hall–Kier alpha value is -12.8. The van der Waals surface area contributed by atoms with Gasteiger partial charge in [-0.2, -0.15) is 0 Å². The van der Waals surface area contributed by atoms with Gasteiger partial charge in [-0.15, -0.1) is 65.6 Å². The van der Waals surface area contributed by atoms with Crippen molar-refractivity contribution in [2.45, 2.75) is 0 Å². The van der Waals surface area contributed by atoms with Crippen LogP contribution in [0.5, 0.6) is 0 Å². The molecule has 0 unspecified atom stereocenters. The molecule has 12 aromatic rings. The van der Waals surface area contributed by atoms with Crippen molar-refractivity contribution in [3.05, 3.63) is 349 Å². The van der Waals surface area contributed by atoms with Crippen LogP contribution in [0, 0.1) is 349 Å². The minimum atomic E-state index is -7.22. The van der Waals surface area contributed by atoms with Crippen LogP contribution in [-0.2, 0) is 0 Å². The molecule has 136 heavy (non-hydrogen) atoms. The van der Waals surface area contributed by atoms with Gasteiger partial charge in [-0.3, -0.25) is 0 Å². The summed E-state index contributed by atoms with van der Waals surface area (Å²) in [5.74, 6) is -214. The smallest absolute Gasteiger partial charge is 0.207 e. The molecule has 0 saturated heterocycles. The maximum Gasteiger partial charge on any atom is 3.00 e. The normalized spacial score (nSPS) is 11.9. The van der Waals surface area contributed by atoms with Crippen LogP contribution in [0.1, 0.15) is 0 Å². The van der Waals surface area contributed by atoms with Gasteiger partial charge in [-0.05, 0) is 0 Å². The summed E-state index contributed by atoms with van der Waals surface area (Å²) in [6.45, 7) is 0. The molecular formula is C72AlB3F60. The third kappa shape index (κ3) is 14.5. The summed E-state index contributed by atoms with van der Waals surface area (Å²) >= 11 is 0. The Balaban J connectivity index is 0.000000228. The van der Waals surface area contributed by atoms with Crippen molar-refractivity contribution >= 4 is 101 Å². The third-order valence-electron chi connectivity index (χ3n) is 20.1. The summed E-state index contributed by atoms with van der Waals surface area (Å²) < 4.78 is 882. The molecular weight excluding hydrogens is 2060 g/mol. The number of hydrogen-bond acceptors (Lipinski definition) is 0. The van der Waals surface area contributed by atoms with Gasteiger partial charge in [0.05, 0.1) is 0 Å². The minimum Gasteiger partial charge on any atom is -0.207 e. The molecule has 0 aromatic heterocycles. The van der Waals surface area contributed by atoms with Crippen molar-refractivity contribution in [3.8, 4) is 0 Å². The zero-order chi connectivity index (χ0) is 103. The molecule has 64 heteroatoms. The second-order valence-electron chi connectivity index (χ2n) is 26.4. The maximum absolute atomic E-state index is 15.4. The Morgan fingerprint density at radius 1 is 0.0588 bits per heavy atom. The van der Waals surface area contributed by atoms with Crippen LogP contribution >= 0.6 is 0 Å². The molecule has 0 aliphatic heterocycles. The second kappa shape index (κ2) is 36.7. The van der Waals surface area contributed by atoms with Gasteiger partial charge in [-0.1, -0.05) is 0 Å². The Morgan fingerprint density at radius 3 is 0.125 bits per heavy atom. The Kier molecular flexibility index (Phi) is 28.8. The monoisotopic (exact) mass is 2060 g/mol. The molecule has 0 heterocycles. The fraction of sp³-hybridized carbons (Fsp3) is 0. The van der Waals surface area contributed by atoms with Gasteiger partial charge in [0.15, 0.2) is 209 Å². The first-order chi connectivity index (χ1) is 62.1. The quantitative estimate of drug-likeness (QED) is 0.0495. The summed E-state index contributed by atoms with van der Waals surface area (Å²) in [6, 6.07) is 0. The first-order valence-corrected chi connectivity index (χ1v) is 32.8. The van der Waals surface area contributed by atoms with E-state index in [9.17, 15) is 158 Å². The molecule has 0 radical (unpaired) electrons. The van der Waals surface area contributed by atoms with Crippen LogP contribution in [0.2, 0.25) is 0 Å². The van der Waals surface area contributed by atoms with E-state index in [0.29, 0.717) is 0 Å². The zero-order valence-corrected chi connectivity index (χ0v) is 62.1. The van der Waals surface area contributed by atoms with E-state index in [-0.39, 0.29) is 17.4 Å². The molecule has 12 rings (SSSR count). The van der Waals surface area contributed by atoms with E-state index in [1.54, 1.807) is 0 Å². The topological polar surface area (TPSA) is 0 Å². The first-order valence-electron chi connectivity index (χ1n) is 32.8. The van der Waals surface area contributed by atoms with Crippen LogP contribution in [0.3, 0.4) is 0 Å². The third-order valence-corrected chi connectivity index (χ3v) is 20.1. The van der Waals surface area contributed by atoms with E-state index in [4.69, 9.17) is 0 Å². The van der Waals surface area contributed by atoms with Crippen molar-refractivity contribution in [1.82, 2.24) is 0 Å². The fourth-order valence-corrected chi connectivity index (χ4v) is 14.6. The van der Waals surface area contributed by atoms with Crippen molar-refractivity contribution in [3.63, 3.8) is 0 Å². The molecule has 0 saturated carbocycles. The molecule has 12 aromatic carbocycles. The van der Waals surface area contributed by atoms with Crippen LogP contribution < -0.4 is 65.6 Å². The van der Waals surface area contributed by atoms with Crippen LogP contribution in [0.4, 0.5) is 263 Å². The molecule has 0 fully saturated rings. The van der Waals surface area contributed by atoms with Gasteiger partial charge in [0.2, 0.25) is 0 Å². The van der Waals surface area contributed by atoms with Crippen LogP contribution in [0.15, 0.2) is 0 Å². The molecule has 0 aliphatic rings. The van der Waals surface area contributed by atoms with Gasteiger partial charge in [0.1, 0.15) is 158 Å². The van der Waals surface area contributed by atoms with Crippen molar-refractivity contribution in [2.75, 3.05) is 0 Å². The van der Waals surface area contributed by atoms with Crippen LogP contribution in [0.25, 0.3) is 0 Å². The zero-order valence-electron chi connectivity index (χ0n) is 61.0. The maximum atomic E-state index is 15.4.